The summed E-state index contributed by atoms with van der Waals surface area (Å²) in [5.41, 5.74) is 0.840. The van der Waals surface area contributed by atoms with Gasteiger partial charge < -0.3 is 10.1 Å². The van der Waals surface area contributed by atoms with Crippen molar-refractivity contribution >= 4 is 24.1 Å². The zero-order chi connectivity index (χ0) is 17.9. The number of rotatable bonds is 5. The summed E-state index contributed by atoms with van der Waals surface area (Å²) in [7, 11) is 1.28. The Bertz CT molecular complexity index is 805. The van der Waals surface area contributed by atoms with Gasteiger partial charge in [0.1, 0.15) is 12.1 Å². The van der Waals surface area contributed by atoms with Gasteiger partial charge in [-0.05, 0) is 33.0 Å². The molecule has 0 saturated carbocycles. The second-order valence-corrected chi connectivity index (χ2v) is 6.36. The minimum Gasteiger partial charge on any atom is -0.467 e. The van der Waals surface area contributed by atoms with Gasteiger partial charge in [0.05, 0.1) is 7.11 Å². The molecule has 0 atom stereocenters. The van der Waals surface area contributed by atoms with Crippen molar-refractivity contribution in [2.24, 2.45) is 0 Å². The molecule has 2 aromatic rings. The Morgan fingerprint density at radius 2 is 1.96 bits per heavy atom. The number of amides is 1. The summed E-state index contributed by atoms with van der Waals surface area (Å²) in [6.45, 7) is 5.08. The number of esters is 1. The average Bonchev–Trinajstić information content (AvgIpc) is 2.87. The molecule has 1 aromatic carbocycles. The Balaban J connectivity index is 2.23. The van der Waals surface area contributed by atoms with E-state index in [-0.39, 0.29) is 12.5 Å². The third kappa shape index (κ3) is 3.88. The fourth-order valence-corrected chi connectivity index (χ4v) is 2.42. The zero-order valence-electron chi connectivity index (χ0n) is 14.0. The van der Waals surface area contributed by atoms with Crippen LogP contribution in [0.25, 0.3) is 11.4 Å². The van der Waals surface area contributed by atoms with Crippen LogP contribution in [0.2, 0.25) is 0 Å². The summed E-state index contributed by atoms with van der Waals surface area (Å²) in [6, 6.07) is 7.73. The number of ether oxygens (including phenoxy) is 1. The molecule has 0 saturated heterocycles. The molecule has 0 fully saturated rings. The standard InChI is InChI=1S/C16H20N4O3S/c1-10-5-7-11(8-6-10)13-18-19-15(24)20(13)9-12(21)17-16(2,3)14(22)23-4/h5-8H,9H2,1-4H3,(H,17,21)(H,19,24). The summed E-state index contributed by atoms with van der Waals surface area (Å²) in [4.78, 5) is 24.0. The molecule has 0 aliphatic rings. The Hall–Kier alpha value is -2.48. The quantitative estimate of drug-likeness (QED) is 0.637. The monoisotopic (exact) mass is 348 g/mol. The van der Waals surface area contributed by atoms with Crippen molar-refractivity contribution in [1.82, 2.24) is 20.1 Å². The van der Waals surface area contributed by atoms with Crippen LogP contribution in [0.4, 0.5) is 0 Å². The van der Waals surface area contributed by atoms with E-state index in [2.05, 4.69) is 20.3 Å². The summed E-state index contributed by atoms with van der Waals surface area (Å²) in [6.07, 6.45) is 0. The van der Waals surface area contributed by atoms with E-state index >= 15 is 0 Å². The minimum absolute atomic E-state index is 0.0566. The summed E-state index contributed by atoms with van der Waals surface area (Å²) < 4.78 is 6.60. The topological polar surface area (TPSA) is 89.0 Å². The number of H-pyrrole nitrogens is 1. The molecule has 0 radical (unpaired) electrons. The predicted octanol–water partition coefficient (Wildman–Crippen LogP) is 1.98. The molecular weight excluding hydrogens is 328 g/mol. The highest BCUT2D eigenvalue weighted by Crippen LogP contribution is 2.18. The van der Waals surface area contributed by atoms with Gasteiger partial charge in [-0.25, -0.2) is 4.79 Å². The number of aromatic nitrogens is 3. The molecule has 1 aromatic heterocycles. The number of aromatic amines is 1. The number of nitrogens with one attached hydrogen (secondary N) is 2. The molecule has 2 N–H and O–H groups in total. The van der Waals surface area contributed by atoms with Crippen LogP contribution in [-0.4, -0.2) is 39.3 Å². The van der Waals surface area contributed by atoms with Crippen molar-refractivity contribution < 1.29 is 14.3 Å². The fourth-order valence-electron chi connectivity index (χ4n) is 2.23. The first kappa shape index (κ1) is 17.9. The molecule has 128 valence electrons. The SMILES string of the molecule is COC(=O)C(C)(C)NC(=O)Cn1c(-c2ccc(C)cc2)n[nH]c1=S. The normalized spacial score (nSPS) is 11.2. The van der Waals surface area contributed by atoms with Gasteiger partial charge in [0, 0.05) is 5.56 Å². The molecule has 0 bridgehead atoms. The number of hydrogen-bond acceptors (Lipinski definition) is 5. The van der Waals surface area contributed by atoms with Gasteiger partial charge in [-0.3, -0.25) is 14.5 Å². The van der Waals surface area contributed by atoms with Crippen molar-refractivity contribution in [3.05, 3.63) is 34.6 Å². The largest absolute Gasteiger partial charge is 0.467 e. The molecule has 8 heteroatoms. The Morgan fingerprint density at radius 1 is 1.33 bits per heavy atom. The van der Waals surface area contributed by atoms with E-state index in [0.717, 1.165) is 11.1 Å². The number of methoxy groups -OCH3 is 1. The fraction of sp³-hybridized carbons (Fsp3) is 0.375. The lowest BCUT2D eigenvalue weighted by atomic mass is 10.1. The van der Waals surface area contributed by atoms with Gasteiger partial charge >= 0.3 is 5.97 Å². The predicted molar refractivity (Wildman–Crippen MR) is 91.8 cm³/mol. The number of carbonyl (C=O) groups excluding carboxylic acids is 2. The van der Waals surface area contributed by atoms with Gasteiger partial charge in [-0.1, -0.05) is 29.8 Å². The van der Waals surface area contributed by atoms with Crippen LogP contribution >= 0.6 is 12.2 Å². The molecule has 2 rings (SSSR count). The summed E-state index contributed by atoms with van der Waals surface area (Å²) >= 11 is 5.21. The van der Waals surface area contributed by atoms with Gasteiger partial charge in [0.2, 0.25) is 5.91 Å². The van der Waals surface area contributed by atoms with Crippen LogP contribution in [0.3, 0.4) is 0 Å². The Labute approximate surface area is 145 Å². The zero-order valence-corrected chi connectivity index (χ0v) is 14.9. The first-order valence-electron chi connectivity index (χ1n) is 7.36. The molecule has 0 aliphatic heterocycles. The van der Waals surface area contributed by atoms with Gasteiger partial charge in [-0.2, -0.15) is 5.10 Å². The molecule has 1 heterocycles. The number of nitrogens with zero attached hydrogens (tertiary/aromatic N) is 2. The maximum absolute atomic E-state index is 12.3. The summed E-state index contributed by atoms with van der Waals surface area (Å²) in [5.74, 6) is -0.326. The lowest BCUT2D eigenvalue weighted by Gasteiger charge is -2.23. The highest BCUT2D eigenvalue weighted by molar-refractivity contribution is 7.71. The van der Waals surface area contributed by atoms with E-state index in [1.165, 1.54) is 7.11 Å². The van der Waals surface area contributed by atoms with E-state index in [1.807, 2.05) is 31.2 Å². The third-order valence-electron chi connectivity index (χ3n) is 3.52. The van der Waals surface area contributed by atoms with Crippen molar-refractivity contribution in [2.75, 3.05) is 7.11 Å². The maximum atomic E-state index is 12.3. The molecule has 7 nitrogen and oxygen atoms in total. The van der Waals surface area contributed by atoms with Crippen LogP contribution < -0.4 is 5.32 Å². The molecule has 1 amide bonds. The van der Waals surface area contributed by atoms with Crippen LogP contribution in [0.1, 0.15) is 19.4 Å². The first-order valence-corrected chi connectivity index (χ1v) is 7.77. The van der Waals surface area contributed by atoms with Crippen molar-refractivity contribution in [3.63, 3.8) is 0 Å². The third-order valence-corrected chi connectivity index (χ3v) is 3.83. The van der Waals surface area contributed by atoms with Crippen molar-refractivity contribution in [2.45, 2.75) is 32.9 Å². The Morgan fingerprint density at radius 3 is 2.54 bits per heavy atom. The van der Waals surface area contributed by atoms with E-state index < -0.39 is 11.5 Å². The highest BCUT2D eigenvalue weighted by Gasteiger charge is 2.30. The Kier molecular flexibility index (Phi) is 5.18. The second-order valence-electron chi connectivity index (χ2n) is 5.97. The summed E-state index contributed by atoms with van der Waals surface area (Å²) in [5, 5.41) is 9.53. The highest BCUT2D eigenvalue weighted by atomic mass is 32.1. The second kappa shape index (κ2) is 6.96. The maximum Gasteiger partial charge on any atom is 0.330 e. The van der Waals surface area contributed by atoms with E-state index in [9.17, 15) is 9.59 Å². The molecule has 0 spiro atoms. The van der Waals surface area contributed by atoms with E-state index in [4.69, 9.17) is 12.2 Å². The van der Waals surface area contributed by atoms with Crippen LogP contribution in [-0.2, 0) is 20.9 Å². The molecule has 0 aliphatic carbocycles. The van der Waals surface area contributed by atoms with Crippen LogP contribution in [0.15, 0.2) is 24.3 Å². The van der Waals surface area contributed by atoms with Crippen LogP contribution in [0.5, 0.6) is 0 Å². The van der Waals surface area contributed by atoms with Crippen molar-refractivity contribution in [3.8, 4) is 11.4 Å². The number of hydrogen-bond donors (Lipinski definition) is 2. The van der Waals surface area contributed by atoms with Gasteiger partial charge in [-0.15, -0.1) is 0 Å². The number of carbonyl (C=O) groups is 2. The average molecular weight is 348 g/mol. The van der Waals surface area contributed by atoms with Crippen LogP contribution in [0, 0.1) is 11.7 Å². The van der Waals surface area contributed by atoms with E-state index in [1.54, 1.807) is 18.4 Å². The van der Waals surface area contributed by atoms with Crippen molar-refractivity contribution in [1.29, 1.82) is 0 Å². The lowest BCUT2D eigenvalue weighted by Crippen LogP contribution is -2.51. The number of benzene rings is 1. The first-order chi connectivity index (χ1) is 11.2. The van der Waals surface area contributed by atoms with E-state index in [0.29, 0.717) is 10.6 Å². The number of aryl methyl sites for hydroxylation is 1. The molecular formula is C16H20N4O3S. The minimum atomic E-state index is -1.12. The molecule has 24 heavy (non-hydrogen) atoms. The lowest BCUT2D eigenvalue weighted by molar-refractivity contribution is -0.149. The van der Waals surface area contributed by atoms with Gasteiger partial charge in [0.15, 0.2) is 10.6 Å². The smallest absolute Gasteiger partial charge is 0.330 e. The molecule has 0 unspecified atom stereocenters. The van der Waals surface area contributed by atoms with Gasteiger partial charge in [0.25, 0.3) is 0 Å².